The largest absolute Gasteiger partial charge is 0.490 e. The van der Waals surface area contributed by atoms with Crippen LogP contribution in [-0.4, -0.2) is 52.2 Å². The molecule has 0 aliphatic carbocycles. The third-order valence-corrected chi connectivity index (χ3v) is 6.73. The van der Waals surface area contributed by atoms with E-state index in [0.29, 0.717) is 74.1 Å². The molecule has 0 amide bonds. The first-order valence-electron chi connectivity index (χ1n) is 15.0. The molecular formula is C34H42O8. The lowest BCUT2D eigenvalue weighted by Crippen LogP contribution is -2.16. The summed E-state index contributed by atoms with van der Waals surface area (Å²) in [7, 11) is 0. The van der Waals surface area contributed by atoms with Gasteiger partial charge in [0.05, 0.1) is 39.6 Å². The number of unbranched alkanes of at least 4 members (excludes halogenated alkanes) is 1. The van der Waals surface area contributed by atoms with Crippen molar-refractivity contribution in [2.45, 2.75) is 54.4 Å². The van der Waals surface area contributed by atoms with Gasteiger partial charge >= 0.3 is 5.97 Å². The molecule has 0 bridgehead atoms. The molecule has 0 aliphatic rings. The van der Waals surface area contributed by atoms with Crippen LogP contribution in [-0.2, 0) is 9.53 Å². The molecule has 8 heteroatoms. The summed E-state index contributed by atoms with van der Waals surface area (Å²) >= 11 is 0. The van der Waals surface area contributed by atoms with Gasteiger partial charge in [-0.1, -0.05) is 13.3 Å². The summed E-state index contributed by atoms with van der Waals surface area (Å²) in [5, 5.41) is 5.68. The topological polar surface area (TPSA) is 81.7 Å². The van der Waals surface area contributed by atoms with Gasteiger partial charge in [-0.3, -0.25) is 0 Å². The molecule has 0 aliphatic heterocycles. The Labute approximate surface area is 247 Å². The first kappa shape index (κ1) is 30.9. The van der Waals surface area contributed by atoms with Crippen molar-refractivity contribution < 1.29 is 38.0 Å². The van der Waals surface area contributed by atoms with Crippen molar-refractivity contribution in [2.24, 2.45) is 0 Å². The minimum atomic E-state index is -0.417. The summed E-state index contributed by atoms with van der Waals surface area (Å²) < 4.78 is 41.3. The highest BCUT2D eigenvalue weighted by molar-refractivity contribution is 6.26. The van der Waals surface area contributed by atoms with Crippen molar-refractivity contribution in [3.63, 3.8) is 0 Å². The van der Waals surface area contributed by atoms with Crippen molar-refractivity contribution in [2.75, 3.05) is 46.2 Å². The van der Waals surface area contributed by atoms with E-state index in [2.05, 4.69) is 0 Å². The maximum atomic E-state index is 12.4. The Kier molecular flexibility index (Phi) is 10.8. The summed E-state index contributed by atoms with van der Waals surface area (Å²) in [4.78, 5) is 12.4. The Morgan fingerprint density at radius 2 is 0.762 bits per heavy atom. The number of esters is 1. The molecule has 4 rings (SSSR count). The molecule has 0 heterocycles. The van der Waals surface area contributed by atoms with Gasteiger partial charge in [-0.05, 0) is 110 Å². The van der Waals surface area contributed by atoms with Crippen molar-refractivity contribution in [3.05, 3.63) is 36.4 Å². The van der Waals surface area contributed by atoms with Gasteiger partial charge in [0.1, 0.15) is 0 Å². The van der Waals surface area contributed by atoms with E-state index in [4.69, 9.17) is 33.2 Å². The molecule has 0 saturated carbocycles. The minimum Gasteiger partial charge on any atom is -0.490 e. The summed E-state index contributed by atoms with van der Waals surface area (Å²) in [6, 6.07) is 12.0. The van der Waals surface area contributed by atoms with Gasteiger partial charge in [0, 0.05) is 0 Å². The third kappa shape index (κ3) is 6.69. The minimum absolute atomic E-state index is 0.217. The summed E-state index contributed by atoms with van der Waals surface area (Å²) in [5.41, 5.74) is 0. The van der Waals surface area contributed by atoms with Crippen LogP contribution in [0.5, 0.6) is 34.5 Å². The number of carbonyl (C=O) groups is 1. The molecule has 0 aromatic heterocycles. The maximum Gasteiger partial charge on any atom is 0.344 e. The van der Waals surface area contributed by atoms with Crippen LogP contribution in [0.4, 0.5) is 0 Å². The van der Waals surface area contributed by atoms with Crippen molar-refractivity contribution in [3.8, 4) is 34.5 Å². The first-order valence-corrected chi connectivity index (χ1v) is 15.0. The molecule has 0 spiro atoms. The fraction of sp³-hybridized carbons (Fsp3) is 0.441. The molecule has 226 valence electrons. The fourth-order valence-electron chi connectivity index (χ4n) is 4.98. The maximum absolute atomic E-state index is 12.4. The molecule has 8 nitrogen and oxygen atoms in total. The monoisotopic (exact) mass is 578 g/mol. The summed E-state index contributed by atoms with van der Waals surface area (Å²) in [6.45, 7) is 14.3. The van der Waals surface area contributed by atoms with Crippen LogP contribution in [0.3, 0.4) is 0 Å². The molecule has 0 unspecified atom stereocenters. The predicted octanol–water partition coefficient (Wildman–Crippen LogP) is 7.86. The highest BCUT2D eigenvalue weighted by Crippen LogP contribution is 2.47. The molecule has 0 radical (unpaired) electrons. The fourth-order valence-corrected chi connectivity index (χ4v) is 4.98. The van der Waals surface area contributed by atoms with Gasteiger partial charge in [-0.2, -0.15) is 0 Å². The number of hydrogen-bond donors (Lipinski definition) is 0. The van der Waals surface area contributed by atoms with Gasteiger partial charge < -0.3 is 33.2 Å². The van der Waals surface area contributed by atoms with E-state index in [0.717, 1.165) is 45.2 Å². The molecule has 4 aromatic rings. The van der Waals surface area contributed by atoms with Crippen LogP contribution in [0, 0.1) is 0 Å². The quantitative estimate of drug-likeness (QED) is 0.0755. The summed E-state index contributed by atoms with van der Waals surface area (Å²) in [6.07, 6.45) is 1.76. The van der Waals surface area contributed by atoms with E-state index in [9.17, 15) is 4.79 Å². The van der Waals surface area contributed by atoms with Crippen LogP contribution < -0.4 is 28.4 Å². The molecule has 0 fully saturated rings. The molecule has 4 aromatic carbocycles. The van der Waals surface area contributed by atoms with Crippen molar-refractivity contribution in [1.82, 2.24) is 0 Å². The standard InChI is InChI=1S/C34H42O8/c1-7-13-14-41-34(35)21-42-33-20-27-25-18-31(39-11-5)29(37-9-3)16-23(25)22-15-28(36-8-2)30(38-10-4)17-24(22)26(27)19-32(33)40-12-6/h15-20H,7-14,21H2,1-6H3. The van der Waals surface area contributed by atoms with Crippen molar-refractivity contribution >= 4 is 38.3 Å². The van der Waals surface area contributed by atoms with Crippen molar-refractivity contribution in [1.29, 1.82) is 0 Å². The second-order valence-corrected chi connectivity index (χ2v) is 9.56. The predicted molar refractivity (Wildman–Crippen MR) is 166 cm³/mol. The molecule has 0 N–H and O–H groups in total. The number of rotatable bonds is 16. The van der Waals surface area contributed by atoms with Crippen LogP contribution in [0.2, 0.25) is 0 Å². The smallest absolute Gasteiger partial charge is 0.344 e. The SMILES string of the molecule is CCCCOC(=O)COc1cc2c3cc(OCC)c(OCC)cc3c3cc(OCC)c(OCC)cc3c2cc1OCC. The Balaban J connectivity index is 2.02. The van der Waals surface area contributed by atoms with E-state index >= 15 is 0 Å². The zero-order chi connectivity index (χ0) is 30.1. The van der Waals surface area contributed by atoms with Crippen LogP contribution in [0.25, 0.3) is 32.3 Å². The van der Waals surface area contributed by atoms with E-state index in [-0.39, 0.29) is 6.61 Å². The molecule has 42 heavy (non-hydrogen) atoms. The van der Waals surface area contributed by atoms with Gasteiger partial charge in [-0.25, -0.2) is 4.79 Å². The average Bonchev–Trinajstić information content (AvgIpc) is 2.98. The number of hydrogen-bond acceptors (Lipinski definition) is 8. The number of ether oxygens (including phenoxy) is 7. The number of benzene rings is 4. The van der Waals surface area contributed by atoms with E-state index < -0.39 is 5.97 Å². The highest BCUT2D eigenvalue weighted by Gasteiger charge is 2.20. The van der Waals surface area contributed by atoms with E-state index in [1.165, 1.54) is 0 Å². The molecule has 0 saturated heterocycles. The average molecular weight is 579 g/mol. The number of carbonyl (C=O) groups excluding carboxylic acids is 1. The lowest BCUT2D eigenvalue weighted by molar-refractivity contribution is -0.146. The third-order valence-electron chi connectivity index (χ3n) is 6.73. The second kappa shape index (κ2) is 14.7. The lowest BCUT2D eigenvalue weighted by Gasteiger charge is -2.19. The first-order chi connectivity index (χ1) is 20.5. The van der Waals surface area contributed by atoms with Gasteiger partial charge in [0.2, 0.25) is 0 Å². The van der Waals surface area contributed by atoms with E-state index in [1.807, 2.05) is 77.9 Å². The molecular weight excluding hydrogens is 536 g/mol. The second-order valence-electron chi connectivity index (χ2n) is 9.56. The lowest BCUT2D eigenvalue weighted by atomic mass is 9.93. The Morgan fingerprint density at radius 1 is 0.476 bits per heavy atom. The van der Waals surface area contributed by atoms with Crippen LogP contribution in [0.1, 0.15) is 54.4 Å². The highest BCUT2D eigenvalue weighted by atomic mass is 16.6. The number of fused-ring (bicyclic) bond motifs is 6. The van der Waals surface area contributed by atoms with E-state index in [1.54, 1.807) is 0 Å². The Bertz CT molecular complexity index is 1490. The van der Waals surface area contributed by atoms with Gasteiger partial charge in [0.25, 0.3) is 0 Å². The zero-order valence-electron chi connectivity index (χ0n) is 25.6. The normalized spacial score (nSPS) is 11.1. The van der Waals surface area contributed by atoms with Gasteiger partial charge in [0.15, 0.2) is 41.1 Å². The van der Waals surface area contributed by atoms with Gasteiger partial charge in [-0.15, -0.1) is 0 Å². The Morgan fingerprint density at radius 3 is 1.02 bits per heavy atom. The van der Waals surface area contributed by atoms with Crippen LogP contribution in [0.15, 0.2) is 36.4 Å². The Hall–Kier alpha value is -4.07. The zero-order valence-corrected chi connectivity index (χ0v) is 25.6. The van der Waals surface area contributed by atoms with Crippen LogP contribution >= 0.6 is 0 Å². The molecule has 0 atom stereocenters. The summed E-state index contributed by atoms with van der Waals surface area (Å²) in [5.74, 6) is 3.23.